The number of rotatable bonds is 12. The molecule has 0 aromatic rings. The van der Waals surface area contributed by atoms with E-state index in [1.54, 1.807) is 0 Å². The summed E-state index contributed by atoms with van der Waals surface area (Å²) in [5.74, 6) is 0. The number of hydrogen-bond acceptors (Lipinski definition) is 4. The first-order valence-corrected chi connectivity index (χ1v) is 10.4. The average Bonchev–Trinajstić information content (AvgIpc) is 2.28. The summed E-state index contributed by atoms with van der Waals surface area (Å²) in [5.41, 5.74) is -2.37. The predicted octanol–water partition coefficient (Wildman–Crippen LogP) is 1.96. The Morgan fingerprint density at radius 2 is 1.22 bits per heavy atom. The molecular weight excluding hydrogens is 310 g/mol. The Hall–Kier alpha value is 2.56. The maximum Gasteiger partial charge on any atom is 1.00 e. The van der Waals surface area contributed by atoms with Gasteiger partial charge in [-0.15, -0.1) is 0 Å². The molecule has 0 spiro atoms. The van der Waals surface area contributed by atoms with Crippen LogP contribution in [0.25, 0.3) is 0 Å². The van der Waals surface area contributed by atoms with Crippen molar-refractivity contribution in [3.05, 3.63) is 0 Å². The van der Waals surface area contributed by atoms with E-state index in [9.17, 15) is 0 Å². The molecule has 0 aliphatic rings. The summed E-state index contributed by atoms with van der Waals surface area (Å²) in [6.07, 6.45) is 9.44. The Morgan fingerprint density at radius 1 is 0.833 bits per heavy atom. The minimum Gasteiger partial charge on any atom is -0.691 e. The van der Waals surface area contributed by atoms with Crippen molar-refractivity contribution in [3.8, 4) is 0 Å². The normalized spacial score (nSPS) is 11.3. The minimum absolute atomic E-state index is 0. The molecule has 0 atom stereocenters. The van der Waals surface area contributed by atoms with Crippen LogP contribution in [0.3, 0.4) is 0 Å². The van der Waals surface area contributed by atoms with Gasteiger partial charge < -0.3 is 21.3 Å². The third-order valence-electron chi connectivity index (χ3n) is 2.49. The van der Waals surface area contributed by atoms with E-state index in [0.29, 0.717) is 13.2 Å². The van der Waals surface area contributed by atoms with Crippen molar-refractivity contribution >= 4 is 29.7 Å². The average molecular weight is 337 g/mol. The van der Waals surface area contributed by atoms with Gasteiger partial charge in [-0.3, -0.25) is 0 Å². The molecule has 0 rings (SSSR count). The van der Waals surface area contributed by atoms with Gasteiger partial charge in [0.2, 0.25) is 0 Å². The molecule has 0 N–H and O–H groups in total. The fourth-order valence-corrected chi connectivity index (χ4v) is 3.12. The van der Waals surface area contributed by atoms with E-state index < -0.39 is 5.69 Å². The molecule has 18 heavy (non-hydrogen) atoms. The smallest absolute Gasteiger partial charge is 0.691 e. The third kappa shape index (κ3) is 16.6. The van der Waals surface area contributed by atoms with Crippen LogP contribution in [-0.2, 0) is 33.1 Å². The molecule has 0 unspecified atom stereocenters. The van der Waals surface area contributed by atoms with Gasteiger partial charge in [0.25, 0.3) is 0 Å². The third-order valence-corrected chi connectivity index (χ3v) is 4.76. The first-order valence-electron chi connectivity index (χ1n) is 6.72. The van der Waals surface area contributed by atoms with E-state index in [4.69, 9.17) is 33.1 Å². The second-order valence-corrected chi connectivity index (χ2v) is 9.22. The van der Waals surface area contributed by atoms with Gasteiger partial charge in [0.05, 0.1) is 18.9 Å². The van der Waals surface area contributed by atoms with E-state index in [0.717, 1.165) is 12.8 Å². The van der Waals surface area contributed by atoms with Crippen molar-refractivity contribution in [2.75, 3.05) is 13.2 Å². The van der Waals surface area contributed by atoms with Crippen LogP contribution >= 0.6 is 5.69 Å². The summed E-state index contributed by atoms with van der Waals surface area (Å²) in [5, 5.41) is 0. The standard InChI is InChI=1S/C12H27O2PS2.K/c1-3-5-7-9-11-13-15(16,17)14-12-10-8-6-4-2;/h3-12H2,1-2H3,(H,16,17);/q;+1/p-1. The summed E-state index contributed by atoms with van der Waals surface area (Å²) in [6.45, 7) is 5.71. The topological polar surface area (TPSA) is 18.5 Å². The maximum absolute atomic E-state index is 5.50. The second kappa shape index (κ2) is 15.9. The molecule has 0 fully saturated rings. The molecule has 0 radical (unpaired) electrons. The monoisotopic (exact) mass is 336 g/mol. The van der Waals surface area contributed by atoms with Crippen molar-refractivity contribution < 1.29 is 60.4 Å². The molecule has 0 heterocycles. The van der Waals surface area contributed by atoms with Gasteiger partial charge in [-0.25, -0.2) is 0 Å². The van der Waals surface area contributed by atoms with Gasteiger partial charge in [0.15, 0.2) is 0 Å². The molecule has 6 heteroatoms. The predicted molar refractivity (Wildman–Crippen MR) is 81.8 cm³/mol. The zero-order valence-electron chi connectivity index (χ0n) is 12.2. The molecule has 0 aromatic carbocycles. The number of unbranched alkanes of at least 4 members (excludes halogenated alkanes) is 6. The number of hydrogen-bond donors (Lipinski definition) is 0. The van der Waals surface area contributed by atoms with Gasteiger partial charge in [-0.05, 0) is 12.8 Å². The van der Waals surface area contributed by atoms with Gasteiger partial charge in [0.1, 0.15) is 0 Å². The quantitative estimate of drug-likeness (QED) is 0.235. The van der Waals surface area contributed by atoms with E-state index >= 15 is 0 Å². The molecule has 0 saturated carbocycles. The summed E-state index contributed by atoms with van der Waals surface area (Å²) >= 11 is 10.4. The molecule has 0 aliphatic heterocycles. The van der Waals surface area contributed by atoms with Crippen LogP contribution in [-0.4, -0.2) is 13.2 Å². The van der Waals surface area contributed by atoms with Crippen molar-refractivity contribution in [2.24, 2.45) is 0 Å². The summed E-state index contributed by atoms with van der Waals surface area (Å²) in [4.78, 5) is 0. The van der Waals surface area contributed by atoms with Crippen molar-refractivity contribution in [1.82, 2.24) is 0 Å². The summed E-state index contributed by atoms with van der Waals surface area (Å²) in [6, 6.07) is 0. The molecule has 0 aromatic heterocycles. The van der Waals surface area contributed by atoms with Gasteiger partial charge in [-0.2, -0.15) is 0 Å². The molecule has 0 bridgehead atoms. The minimum atomic E-state index is -2.37. The van der Waals surface area contributed by atoms with Crippen LogP contribution < -0.4 is 51.4 Å². The fourth-order valence-electron chi connectivity index (χ4n) is 1.45. The SMILES string of the molecule is CCCCCCOP(=S)([S-])OCCCCCC.[K+]. The van der Waals surface area contributed by atoms with Crippen molar-refractivity contribution in [2.45, 2.75) is 65.2 Å². The van der Waals surface area contributed by atoms with Crippen LogP contribution in [0.5, 0.6) is 0 Å². The van der Waals surface area contributed by atoms with Gasteiger partial charge in [0, 0.05) is 0 Å². The molecule has 0 aliphatic carbocycles. The van der Waals surface area contributed by atoms with Crippen LogP contribution in [0, 0.1) is 0 Å². The zero-order valence-corrected chi connectivity index (χ0v) is 17.8. The Bertz CT molecular complexity index is 200. The summed E-state index contributed by atoms with van der Waals surface area (Å²) < 4.78 is 11.0. The van der Waals surface area contributed by atoms with Crippen LogP contribution in [0.4, 0.5) is 0 Å². The Labute approximate surface area is 166 Å². The van der Waals surface area contributed by atoms with Crippen molar-refractivity contribution in [1.29, 1.82) is 0 Å². The molecular formula is C12H26KO2PS2. The van der Waals surface area contributed by atoms with Gasteiger partial charge >= 0.3 is 51.4 Å². The Kier molecular flexibility index (Phi) is 20.2. The largest absolute Gasteiger partial charge is 1.00 e. The van der Waals surface area contributed by atoms with E-state index in [1.165, 1.54) is 38.5 Å². The first kappa shape index (κ1) is 22.8. The van der Waals surface area contributed by atoms with E-state index in [2.05, 4.69) is 13.8 Å². The fraction of sp³-hybridized carbons (Fsp3) is 1.00. The second-order valence-electron chi connectivity index (χ2n) is 4.23. The molecule has 104 valence electrons. The Morgan fingerprint density at radius 3 is 1.56 bits per heavy atom. The van der Waals surface area contributed by atoms with Crippen LogP contribution in [0.1, 0.15) is 65.2 Å². The maximum atomic E-state index is 5.50. The van der Waals surface area contributed by atoms with Crippen LogP contribution in [0.15, 0.2) is 0 Å². The molecule has 2 nitrogen and oxygen atoms in total. The molecule has 0 saturated heterocycles. The first-order chi connectivity index (χ1) is 8.12. The zero-order chi connectivity index (χ0) is 13.0. The summed E-state index contributed by atoms with van der Waals surface area (Å²) in [7, 11) is 0. The van der Waals surface area contributed by atoms with E-state index in [-0.39, 0.29) is 51.4 Å². The van der Waals surface area contributed by atoms with E-state index in [1.807, 2.05) is 0 Å². The van der Waals surface area contributed by atoms with Gasteiger partial charge in [-0.1, -0.05) is 64.2 Å². The molecule has 0 amide bonds. The van der Waals surface area contributed by atoms with Crippen LogP contribution in [0.2, 0.25) is 0 Å². The van der Waals surface area contributed by atoms with Crippen molar-refractivity contribution in [3.63, 3.8) is 0 Å². The Balaban J connectivity index is 0.